The highest BCUT2D eigenvalue weighted by Gasteiger charge is 2.45. The number of hydrogen-bond acceptors (Lipinski definition) is 4. The minimum Gasteiger partial charge on any atom is -0.591 e. The molecule has 0 N–H and O–H groups in total. The average Bonchev–Trinajstić information content (AvgIpc) is 2.46. The molecule has 0 aromatic heterocycles. The third-order valence-electron chi connectivity index (χ3n) is 3.00. The first-order valence-electron chi connectivity index (χ1n) is 7.24. The zero-order valence-corrected chi connectivity index (χ0v) is 15.0. The molecule has 0 bridgehead atoms. The normalized spacial score (nSPS) is 14.5. The van der Waals surface area contributed by atoms with Crippen molar-refractivity contribution >= 4 is 23.0 Å². The number of ether oxygens (including phenoxy) is 1. The van der Waals surface area contributed by atoms with E-state index in [2.05, 4.69) is 9.13 Å². The van der Waals surface area contributed by atoms with Crippen LogP contribution in [0.4, 0.5) is 13.2 Å². The smallest absolute Gasteiger partial charge is 0.382 e. The van der Waals surface area contributed by atoms with Crippen molar-refractivity contribution in [1.29, 1.82) is 0 Å². The van der Waals surface area contributed by atoms with E-state index in [0.717, 1.165) is 6.07 Å². The summed E-state index contributed by atoms with van der Waals surface area (Å²) in [5.41, 5.74) is -1.34. The SMILES string of the molecule is CCOC(=O)C(F)(F)c1cccc(/C(C)=N\[S+]([O-])C(C)(C)C)c1F. The molecule has 0 aliphatic rings. The molecule has 1 aromatic rings. The monoisotopic (exact) mass is 363 g/mol. The summed E-state index contributed by atoms with van der Waals surface area (Å²) in [6, 6.07) is 3.22. The molecule has 134 valence electrons. The second-order valence-corrected chi connectivity index (χ2v) is 7.91. The molecular formula is C16H20F3NO3S. The number of nitrogens with zero attached hydrogens (tertiary/aromatic N) is 1. The van der Waals surface area contributed by atoms with Gasteiger partial charge >= 0.3 is 11.9 Å². The lowest BCUT2D eigenvalue weighted by atomic mass is 10.0. The lowest BCUT2D eigenvalue weighted by molar-refractivity contribution is -0.173. The zero-order valence-electron chi connectivity index (χ0n) is 14.2. The minimum atomic E-state index is -4.13. The molecule has 1 atom stereocenters. The number of carbonyl (C=O) groups is 1. The molecule has 0 heterocycles. The van der Waals surface area contributed by atoms with Gasteiger partial charge in [0.2, 0.25) is 0 Å². The molecule has 4 nitrogen and oxygen atoms in total. The van der Waals surface area contributed by atoms with Gasteiger partial charge in [-0.3, -0.25) is 0 Å². The summed E-state index contributed by atoms with van der Waals surface area (Å²) in [5.74, 6) is -7.24. The zero-order chi connectivity index (χ0) is 18.7. The van der Waals surface area contributed by atoms with E-state index in [0.29, 0.717) is 0 Å². The van der Waals surface area contributed by atoms with Gasteiger partial charge in [0.05, 0.1) is 17.9 Å². The number of halogens is 3. The molecule has 0 fully saturated rings. The largest absolute Gasteiger partial charge is 0.591 e. The van der Waals surface area contributed by atoms with Gasteiger partial charge in [0, 0.05) is 5.56 Å². The number of hydrogen-bond donors (Lipinski definition) is 0. The topological polar surface area (TPSA) is 61.7 Å². The third kappa shape index (κ3) is 4.51. The average molecular weight is 363 g/mol. The van der Waals surface area contributed by atoms with Crippen LogP contribution >= 0.6 is 0 Å². The van der Waals surface area contributed by atoms with Gasteiger partial charge < -0.3 is 9.29 Å². The summed E-state index contributed by atoms with van der Waals surface area (Å²) in [4.78, 5) is 11.4. The molecule has 1 rings (SSSR count). The van der Waals surface area contributed by atoms with Crippen molar-refractivity contribution < 1.29 is 27.3 Å². The lowest BCUT2D eigenvalue weighted by Crippen LogP contribution is -2.30. The van der Waals surface area contributed by atoms with Crippen LogP contribution in [0, 0.1) is 5.82 Å². The number of carbonyl (C=O) groups excluding carboxylic acids is 1. The van der Waals surface area contributed by atoms with Crippen molar-refractivity contribution in [2.75, 3.05) is 6.61 Å². The predicted molar refractivity (Wildman–Crippen MR) is 87.0 cm³/mol. The molecule has 0 saturated carbocycles. The van der Waals surface area contributed by atoms with E-state index in [1.807, 2.05) is 0 Å². The Kier molecular flexibility index (Phi) is 6.46. The highest BCUT2D eigenvalue weighted by Crippen LogP contribution is 2.33. The minimum absolute atomic E-state index is 0.00210. The van der Waals surface area contributed by atoms with Crippen molar-refractivity contribution in [3.05, 3.63) is 35.1 Å². The summed E-state index contributed by atoms with van der Waals surface area (Å²) >= 11 is -1.67. The van der Waals surface area contributed by atoms with E-state index >= 15 is 0 Å². The molecule has 0 saturated heterocycles. The molecular weight excluding hydrogens is 343 g/mol. The summed E-state index contributed by atoms with van der Waals surface area (Å²) in [6.07, 6.45) is 0. The summed E-state index contributed by atoms with van der Waals surface area (Å²) in [6.45, 7) is 7.54. The molecule has 8 heteroatoms. The standard InChI is InChI=1S/C16H20F3NO3S/c1-6-23-14(21)16(18,19)12-9-7-8-11(13(12)17)10(2)20-24(22)15(3,4)5/h7-9H,6H2,1-5H3/b20-10-. The molecule has 0 spiro atoms. The van der Waals surface area contributed by atoms with E-state index in [9.17, 15) is 22.5 Å². The van der Waals surface area contributed by atoms with E-state index < -0.39 is 39.4 Å². The first kappa shape index (κ1) is 20.5. The van der Waals surface area contributed by atoms with E-state index in [-0.39, 0.29) is 17.9 Å². The number of benzene rings is 1. The Hall–Kier alpha value is -1.54. The number of esters is 1. The first-order chi connectivity index (χ1) is 10.9. The summed E-state index contributed by atoms with van der Waals surface area (Å²) in [7, 11) is 0. The molecule has 24 heavy (non-hydrogen) atoms. The second kappa shape index (κ2) is 7.57. The van der Waals surface area contributed by atoms with Gasteiger partial charge in [0.15, 0.2) is 0 Å². The maximum Gasteiger partial charge on any atom is 0.382 e. The molecule has 0 aliphatic heterocycles. The predicted octanol–water partition coefficient (Wildman–Crippen LogP) is 3.75. The van der Waals surface area contributed by atoms with Crippen LogP contribution in [0.1, 0.15) is 45.7 Å². The fraction of sp³-hybridized carbons (Fsp3) is 0.500. The Morgan fingerprint density at radius 2 is 1.92 bits per heavy atom. The highest BCUT2D eigenvalue weighted by molar-refractivity contribution is 7.91. The van der Waals surface area contributed by atoms with Gasteiger partial charge in [0.1, 0.15) is 21.9 Å². The number of rotatable bonds is 5. The second-order valence-electron chi connectivity index (χ2n) is 6.00. The van der Waals surface area contributed by atoms with E-state index in [1.165, 1.54) is 26.0 Å². The Morgan fingerprint density at radius 1 is 1.33 bits per heavy atom. The van der Waals surface area contributed by atoms with Crippen molar-refractivity contribution in [2.45, 2.75) is 45.3 Å². The number of alkyl halides is 2. The molecule has 0 aliphatic carbocycles. The molecule has 0 amide bonds. The van der Waals surface area contributed by atoms with Crippen molar-refractivity contribution in [3.8, 4) is 0 Å². The van der Waals surface area contributed by atoms with Crippen LogP contribution in [0.2, 0.25) is 0 Å². The van der Waals surface area contributed by atoms with Gasteiger partial charge in [-0.1, -0.05) is 16.5 Å². The van der Waals surface area contributed by atoms with Gasteiger partial charge in [0.25, 0.3) is 0 Å². The van der Waals surface area contributed by atoms with Gasteiger partial charge in [-0.15, -0.1) is 0 Å². The summed E-state index contributed by atoms with van der Waals surface area (Å²) < 4.78 is 62.2. The fourth-order valence-corrected chi connectivity index (χ4v) is 2.32. The third-order valence-corrected chi connectivity index (χ3v) is 4.49. The Labute approximate surface area is 142 Å². The van der Waals surface area contributed by atoms with Crippen LogP contribution in [-0.4, -0.2) is 27.6 Å². The Morgan fingerprint density at radius 3 is 2.42 bits per heavy atom. The highest BCUT2D eigenvalue weighted by atomic mass is 32.2. The maximum absolute atomic E-state index is 14.5. The van der Waals surface area contributed by atoms with Crippen LogP contribution in [-0.2, 0) is 26.8 Å². The Bertz CT molecular complexity index is 642. The van der Waals surface area contributed by atoms with Gasteiger partial charge in [-0.25, -0.2) is 9.18 Å². The van der Waals surface area contributed by atoms with E-state index in [1.54, 1.807) is 20.8 Å². The van der Waals surface area contributed by atoms with Gasteiger partial charge in [-0.2, -0.15) is 8.78 Å². The lowest BCUT2D eigenvalue weighted by Gasteiger charge is -2.19. The quantitative estimate of drug-likeness (QED) is 0.455. The maximum atomic E-state index is 14.5. The molecule has 1 unspecified atom stereocenters. The molecule has 0 radical (unpaired) electrons. The Balaban J connectivity index is 3.32. The molecule has 1 aromatic carbocycles. The van der Waals surface area contributed by atoms with Crippen molar-refractivity contribution in [2.24, 2.45) is 4.40 Å². The van der Waals surface area contributed by atoms with Crippen molar-refractivity contribution in [3.63, 3.8) is 0 Å². The van der Waals surface area contributed by atoms with Gasteiger partial charge in [-0.05, 0) is 40.7 Å². The van der Waals surface area contributed by atoms with Crippen molar-refractivity contribution in [1.82, 2.24) is 0 Å². The van der Waals surface area contributed by atoms with Crippen LogP contribution < -0.4 is 0 Å². The van der Waals surface area contributed by atoms with Crippen LogP contribution in [0.5, 0.6) is 0 Å². The fourth-order valence-electron chi connectivity index (χ4n) is 1.70. The van der Waals surface area contributed by atoms with Crippen LogP contribution in [0.3, 0.4) is 0 Å². The van der Waals surface area contributed by atoms with Crippen LogP contribution in [0.25, 0.3) is 0 Å². The summed E-state index contributed by atoms with van der Waals surface area (Å²) in [5, 5.41) is 0. The van der Waals surface area contributed by atoms with E-state index in [4.69, 9.17) is 0 Å². The van der Waals surface area contributed by atoms with Crippen LogP contribution in [0.15, 0.2) is 22.6 Å². The first-order valence-corrected chi connectivity index (χ1v) is 8.35.